The molecule has 4 heteroatoms. The van der Waals surface area contributed by atoms with Gasteiger partial charge in [-0.25, -0.2) is 9.97 Å². The predicted molar refractivity (Wildman–Crippen MR) is 62.8 cm³/mol. The Bertz CT molecular complexity index is 630. The first-order chi connectivity index (χ1) is 7.38. The Morgan fingerprint density at radius 3 is 2.93 bits per heavy atom. The summed E-state index contributed by atoms with van der Waals surface area (Å²) in [6.45, 7) is 0.389. The van der Waals surface area contributed by atoms with Crippen molar-refractivity contribution in [2.45, 2.75) is 6.54 Å². The Kier molecular flexibility index (Phi) is 1.90. The number of thiophene rings is 1. The van der Waals surface area contributed by atoms with Crippen molar-refractivity contribution in [2.24, 2.45) is 5.73 Å². The van der Waals surface area contributed by atoms with E-state index in [2.05, 4.69) is 22.1 Å². The molecular formula is C11H9N3S. The molecule has 3 nitrogen and oxygen atoms in total. The van der Waals surface area contributed by atoms with Crippen LogP contribution in [0.2, 0.25) is 0 Å². The molecule has 0 aliphatic rings. The molecule has 3 rings (SSSR count). The van der Waals surface area contributed by atoms with Gasteiger partial charge in [0.15, 0.2) is 0 Å². The normalized spacial score (nSPS) is 11.3. The van der Waals surface area contributed by atoms with E-state index in [1.54, 1.807) is 11.3 Å². The highest BCUT2D eigenvalue weighted by molar-refractivity contribution is 7.25. The SMILES string of the molecule is NCc1ncc2sc3ccccc3c2n1. The minimum absolute atomic E-state index is 0.389. The van der Waals surface area contributed by atoms with E-state index in [0.29, 0.717) is 12.4 Å². The van der Waals surface area contributed by atoms with Gasteiger partial charge in [-0.15, -0.1) is 11.3 Å². The van der Waals surface area contributed by atoms with Crippen molar-refractivity contribution in [2.75, 3.05) is 0 Å². The van der Waals surface area contributed by atoms with Gasteiger partial charge in [0.1, 0.15) is 5.82 Å². The summed E-state index contributed by atoms with van der Waals surface area (Å²) < 4.78 is 2.37. The number of nitrogens with zero attached hydrogens (tertiary/aromatic N) is 2. The van der Waals surface area contributed by atoms with E-state index in [4.69, 9.17) is 5.73 Å². The zero-order chi connectivity index (χ0) is 10.3. The molecule has 0 saturated carbocycles. The summed E-state index contributed by atoms with van der Waals surface area (Å²) in [6, 6.07) is 8.25. The molecule has 0 unspecified atom stereocenters. The number of benzene rings is 1. The van der Waals surface area contributed by atoms with Crippen molar-refractivity contribution < 1.29 is 0 Å². The summed E-state index contributed by atoms with van der Waals surface area (Å²) in [4.78, 5) is 8.65. The van der Waals surface area contributed by atoms with Crippen molar-refractivity contribution >= 4 is 31.6 Å². The number of nitrogens with two attached hydrogens (primary N) is 1. The van der Waals surface area contributed by atoms with E-state index in [9.17, 15) is 0 Å². The van der Waals surface area contributed by atoms with Crippen LogP contribution in [-0.4, -0.2) is 9.97 Å². The maximum absolute atomic E-state index is 5.53. The quantitative estimate of drug-likeness (QED) is 0.677. The standard InChI is InChI=1S/C11H9N3S/c12-5-10-13-6-9-11(14-10)7-3-1-2-4-8(7)15-9/h1-4,6H,5,12H2. The van der Waals surface area contributed by atoms with E-state index in [1.165, 1.54) is 10.1 Å². The highest BCUT2D eigenvalue weighted by Crippen LogP contribution is 2.31. The molecule has 2 N–H and O–H groups in total. The molecule has 1 aromatic carbocycles. The van der Waals surface area contributed by atoms with Crippen molar-refractivity contribution in [3.05, 3.63) is 36.3 Å². The summed E-state index contributed by atoms with van der Waals surface area (Å²) in [5, 5.41) is 1.19. The minimum atomic E-state index is 0.389. The maximum Gasteiger partial charge on any atom is 0.142 e. The van der Waals surface area contributed by atoms with Crippen LogP contribution in [-0.2, 0) is 6.54 Å². The molecular weight excluding hydrogens is 206 g/mol. The second-order valence-electron chi connectivity index (χ2n) is 3.30. The zero-order valence-electron chi connectivity index (χ0n) is 7.97. The fourth-order valence-electron chi connectivity index (χ4n) is 1.64. The van der Waals surface area contributed by atoms with Crippen molar-refractivity contribution in [3.8, 4) is 0 Å². The van der Waals surface area contributed by atoms with Crippen LogP contribution in [0.1, 0.15) is 5.82 Å². The van der Waals surface area contributed by atoms with Gasteiger partial charge in [-0.2, -0.15) is 0 Å². The number of aromatic nitrogens is 2. The monoisotopic (exact) mass is 215 g/mol. The molecule has 0 atom stereocenters. The Morgan fingerprint density at radius 1 is 1.20 bits per heavy atom. The molecule has 0 radical (unpaired) electrons. The second-order valence-corrected chi connectivity index (χ2v) is 4.39. The average molecular weight is 215 g/mol. The second kappa shape index (κ2) is 3.25. The predicted octanol–water partition coefficient (Wildman–Crippen LogP) is 2.30. The van der Waals surface area contributed by atoms with Gasteiger partial charge >= 0.3 is 0 Å². The van der Waals surface area contributed by atoms with E-state index < -0.39 is 0 Å². The maximum atomic E-state index is 5.53. The number of fused-ring (bicyclic) bond motifs is 3. The lowest BCUT2D eigenvalue weighted by Gasteiger charge is -1.94. The van der Waals surface area contributed by atoms with Crippen LogP contribution < -0.4 is 5.73 Å². The van der Waals surface area contributed by atoms with Crippen LogP contribution in [0.25, 0.3) is 20.3 Å². The lowest BCUT2D eigenvalue weighted by Crippen LogP contribution is -2.01. The van der Waals surface area contributed by atoms with Gasteiger partial charge in [0, 0.05) is 16.3 Å². The molecule has 0 fully saturated rings. The Morgan fingerprint density at radius 2 is 2.07 bits per heavy atom. The molecule has 74 valence electrons. The molecule has 0 aliphatic carbocycles. The van der Waals surface area contributed by atoms with E-state index in [1.807, 2.05) is 18.3 Å². The van der Waals surface area contributed by atoms with E-state index in [-0.39, 0.29) is 0 Å². The first-order valence-corrected chi connectivity index (χ1v) is 5.53. The highest BCUT2D eigenvalue weighted by Gasteiger charge is 2.06. The van der Waals surface area contributed by atoms with Gasteiger partial charge in [-0.1, -0.05) is 18.2 Å². The molecule has 3 aromatic rings. The van der Waals surface area contributed by atoms with Crippen LogP contribution in [0.15, 0.2) is 30.5 Å². The van der Waals surface area contributed by atoms with Gasteiger partial charge in [-0.3, -0.25) is 0 Å². The number of hydrogen-bond donors (Lipinski definition) is 1. The largest absolute Gasteiger partial charge is 0.324 e. The molecule has 0 amide bonds. The lowest BCUT2D eigenvalue weighted by atomic mass is 10.2. The zero-order valence-corrected chi connectivity index (χ0v) is 8.79. The fraction of sp³-hybridized carbons (Fsp3) is 0.0909. The van der Waals surface area contributed by atoms with Gasteiger partial charge in [-0.05, 0) is 6.07 Å². The van der Waals surface area contributed by atoms with Crippen LogP contribution >= 0.6 is 11.3 Å². The third-order valence-corrected chi connectivity index (χ3v) is 3.44. The van der Waals surface area contributed by atoms with Gasteiger partial charge < -0.3 is 5.73 Å². The topological polar surface area (TPSA) is 51.8 Å². The van der Waals surface area contributed by atoms with Gasteiger partial charge in [0.25, 0.3) is 0 Å². The molecule has 2 heterocycles. The first kappa shape index (κ1) is 8.76. The Balaban J connectivity index is 2.46. The molecule has 0 bridgehead atoms. The lowest BCUT2D eigenvalue weighted by molar-refractivity contribution is 0.929. The van der Waals surface area contributed by atoms with Crippen molar-refractivity contribution in [1.29, 1.82) is 0 Å². The van der Waals surface area contributed by atoms with E-state index >= 15 is 0 Å². The Hall–Kier alpha value is -1.52. The van der Waals surface area contributed by atoms with Crippen LogP contribution in [0, 0.1) is 0 Å². The highest BCUT2D eigenvalue weighted by atomic mass is 32.1. The van der Waals surface area contributed by atoms with Crippen molar-refractivity contribution in [1.82, 2.24) is 9.97 Å². The average Bonchev–Trinajstić information content (AvgIpc) is 2.66. The first-order valence-electron chi connectivity index (χ1n) is 4.72. The third-order valence-electron chi connectivity index (χ3n) is 2.35. The van der Waals surface area contributed by atoms with Crippen LogP contribution in [0.5, 0.6) is 0 Å². The fourth-order valence-corrected chi connectivity index (χ4v) is 2.66. The molecule has 0 saturated heterocycles. The summed E-state index contributed by atoms with van der Waals surface area (Å²) in [5.41, 5.74) is 6.55. The van der Waals surface area contributed by atoms with Gasteiger partial charge in [0.05, 0.1) is 16.8 Å². The summed E-state index contributed by atoms with van der Waals surface area (Å²) in [5.74, 6) is 0.700. The van der Waals surface area contributed by atoms with E-state index in [0.717, 1.165) is 10.2 Å². The van der Waals surface area contributed by atoms with Crippen LogP contribution in [0.3, 0.4) is 0 Å². The summed E-state index contributed by atoms with van der Waals surface area (Å²) in [6.07, 6.45) is 1.86. The molecule has 2 aromatic heterocycles. The smallest absolute Gasteiger partial charge is 0.142 e. The molecule has 0 aliphatic heterocycles. The number of rotatable bonds is 1. The molecule has 15 heavy (non-hydrogen) atoms. The van der Waals surface area contributed by atoms with Crippen molar-refractivity contribution in [3.63, 3.8) is 0 Å². The number of hydrogen-bond acceptors (Lipinski definition) is 4. The molecule has 0 spiro atoms. The van der Waals surface area contributed by atoms with Gasteiger partial charge in [0.2, 0.25) is 0 Å². The van der Waals surface area contributed by atoms with Crippen LogP contribution in [0.4, 0.5) is 0 Å². The Labute approximate surface area is 90.6 Å². The third kappa shape index (κ3) is 1.30. The summed E-state index contributed by atoms with van der Waals surface area (Å²) >= 11 is 1.72. The summed E-state index contributed by atoms with van der Waals surface area (Å²) in [7, 11) is 0. The minimum Gasteiger partial charge on any atom is -0.324 e.